The van der Waals surface area contributed by atoms with Gasteiger partial charge >= 0.3 is 5.97 Å². The number of methoxy groups -OCH3 is 1. The highest BCUT2D eigenvalue weighted by Gasteiger charge is 2.37. The summed E-state index contributed by atoms with van der Waals surface area (Å²) in [6, 6.07) is 10.2. The maximum absolute atomic E-state index is 12.6. The zero-order valence-electron chi connectivity index (χ0n) is 16.4. The quantitative estimate of drug-likeness (QED) is 0.702. The number of nitrogens with zero attached hydrogens (tertiary/aromatic N) is 1. The van der Waals surface area contributed by atoms with Gasteiger partial charge in [-0.3, -0.25) is 9.59 Å². The van der Waals surface area contributed by atoms with Crippen LogP contribution in [-0.2, 0) is 20.9 Å². The van der Waals surface area contributed by atoms with Crippen molar-refractivity contribution < 1.29 is 23.9 Å². The molecule has 2 amide bonds. The van der Waals surface area contributed by atoms with E-state index in [1.54, 1.807) is 19.2 Å². The van der Waals surface area contributed by atoms with E-state index in [1.165, 1.54) is 23.2 Å². The van der Waals surface area contributed by atoms with E-state index in [9.17, 15) is 14.4 Å². The van der Waals surface area contributed by atoms with E-state index in [-0.39, 0.29) is 11.8 Å². The van der Waals surface area contributed by atoms with Crippen LogP contribution in [0.1, 0.15) is 35.0 Å². The number of rotatable bonds is 7. The van der Waals surface area contributed by atoms with E-state index in [0.717, 1.165) is 17.7 Å². The Kier molecular flexibility index (Phi) is 6.87. The molecule has 2 heterocycles. The second kappa shape index (κ2) is 9.56. The number of esters is 1. The predicted molar refractivity (Wildman–Crippen MR) is 109 cm³/mol. The molecule has 1 aliphatic rings. The van der Waals surface area contributed by atoms with Crippen LogP contribution in [0.2, 0.25) is 0 Å². The maximum Gasteiger partial charge on any atom is 0.329 e. The summed E-state index contributed by atoms with van der Waals surface area (Å²) < 4.78 is 10.5. The number of ether oxygens (including phenoxy) is 2. The van der Waals surface area contributed by atoms with Crippen LogP contribution in [0.3, 0.4) is 0 Å². The molecule has 0 bridgehead atoms. The fourth-order valence-corrected chi connectivity index (χ4v) is 3.86. The second-order valence-electron chi connectivity index (χ2n) is 6.78. The summed E-state index contributed by atoms with van der Waals surface area (Å²) in [5.41, 5.74) is 0.904. The second-order valence-corrected chi connectivity index (χ2v) is 7.73. The summed E-state index contributed by atoms with van der Waals surface area (Å²) in [7, 11) is 1.59. The zero-order valence-corrected chi connectivity index (χ0v) is 17.2. The van der Waals surface area contributed by atoms with Gasteiger partial charge < -0.3 is 19.7 Å². The van der Waals surface area contributed by atoms with E-state index in [0.29, 0.717) is 24.4 Å². The van der Waals surface area contributed by atoms with Gasteiger partial charge in [-0.15, -0.1) is 11.3 Å². The van der Waals surface area contributed by atoms with Gasteiger partial charge in [-0.1, -0.05) is 18.2 Å². The number of amides is 2. The van der Waals surface area contributed by atoms with Crippen LogP contribution in [0, 0.1) is 0 Å². The number of thiophene rings is 1. The third-order valence-corrected chi connectivity index (χ3v) is 5.66. The topological polar surface area (TPSA) is 84.9 Å². The van der Waals surface area contributed by atoms with Crippen molar-refractivity contribution in [2.24, 2.45) is 0 Å². The molecule has 0 radical (unpaired) electrons. The summed E-state index contributed by atoms with van der Waals surface area (Å²) >= 11 is 1.34. The van der Waals surface area contributed by atoms with Crippen molar-refractivity contribution in [1.82, 2.24) is 10.2 Å². The smallest absolute Gasteiger partial charge is 0.329 e. The Morgan fingerprint density at radius 2 is 2.00 bits per heavy atom. The Hall–Kier alpha value is -2.87. The van der Waals surface area contributed by atoms with Gasteiger partial charge in [0.15, 0.2) is 6.10 Å². The maximum atomic E-state index is 12.6. The third kappa shape index (κ3) is 5.14. The van der Waals surface area contributed by atoms with E-state index in [4.69, 9.17) is 9.47 Å². The molecule has 0 spiro atoms. The van der Waals surface area contributed by atoms with Crippen molar-refractivity contribution in [3.05, 3.63) is 52.2 Å². The third-order valence-electron chi connectivity index (χ3n) is 4.81. The summed E-state index contributed by atoms with van der Waals surface area (Å²) in [5, 5.41) is 4.58. The molecule has 29 heavy (non-hydrogen) atoms. The first kappa shape index (κ1) is 20.9. The van der Waals surface area contributed by atoms with Crippen LogP contribution in [0.4, 0.5) is 0 Å². The van der Waals surface area contributed by atoms with Crippen LogP contribution in [0.25, 0.3) is 0 Å². The highest BCUT2D eigenvalue weighted by atomic mass is 32.1. The lowest BCUT2D eigenvalue weighted by Gasteiger charge is -2.24. The summed E-state index contributed by atoms with van der Waals surface area (Å²) in [6.07, 6.45) is 0.325. The van der Waals surface area contributed by atoms with Crippen LogP contribution in [0.5, 0.6) is 5.75 Å². The minimum atomic E-state index is -0.944. The van der Waals surface area contributed by atoms with Crippen molar-refractivity contribution in [3.63, 3.8) is 0 Å². The first-order valence-electron chi connectivity index (χ1n) is 9.45. The van der Waals surface area contributed by atoms with Gasteiger partial charge in [0.2, 0.25) is 0 Å². The Morgan fingerprint density at radius 3 is 2.66 bits per heavy atom. The molecule has 0 aliphatic carbocycles. The predicted octanol–water partition coefficient (Wildman–Crippen LogP) is 2.61. The first-order valence-corrected chi connectivity index (χ1v) is 10.3. The van der Waals surface area contributed by atoms with Crippen molar-refractivity contribution >= 4 is 29.1 Å². The molecule has 7 nitrogen and oxygen atoms in total. The van der Waals surface area contributed by atoms with Gasteiger partial charge in [-0.05, 0) is 48.9 Å². The molecule has 0 saturated carbocycles. The van der Waals surface area contributed by atoms with Crippen LogP contribution >= 0.6 is 11.3 Å². The number of hydrogen-bond donors (Lipinski definition) is 1. The van der Waals surface area contributed by atoms with E-state index < -0.39 is 18.1 Å². The van der Waals surface area contributed by atoms with Crippen LogP contribution in [0.15, 0.2) is 41.8 Å². The first-order chi connectivity index (χ1) is 14.0. The molecular weight excluding hydrogens is 392 g/mol. The lowest BCUT2D eigenvalue weighted by Crippen LogP contribution is -2.44. The highest BCUT2D eigenvalue weighted by Crippen LogP contribution is 2.23. The molecule has 8 heteroatoms. The molecule has 1 aromatic heterocycles. The zero-order chi connectivity index (χ0) is 20.8. The molecule has 1 N–H and O–H groups in total. The number of hydrogen-bond acceptors (Lipinski definition) is 6. The summed E-state index contributed by atoms with van der Waals surface area (Å²) in [4.78, 5) is 39.6. The molecule has 2 atom stereocenters. The van der Waals surface area contributed by atoms with E-state index >= 15 is 0 Å². The van der Waals surface area contributed by atoms with Gasteiger partial charge in [0, 0.05) is 13.1 Å². The van der Waals surface area contributed by atoms with Crippen molar-refractivity contribution in [1.29, 1.82) is 0 Å². The van der Waals surface area contributed by atoms with Gasteiger partial charge in [0.1, 0.15) is 11.8 Å². The SMILES string of the molecule is COc1ccc(CNC(=O)[C@@H](C)OC(=O)[C@@H]2CCCN2C(=O)c2cccs2)cc1. The van der Waals surface area contributed by atoms with Crippen molar-refractivity contribution in [3.8, 4) is 5.75 Å². The molecule has 154 valence electrons. The standard InChI is InChI=1S/C21H24N2O5S/c1-14(19(24)22-13-15-7-9-16(27-2)10-8-15)28-21(26)17-5-3-11-23(17)20(25)18-6-4-12-29-18/h4,6-10,12,14,17H,3,5,11,13H2,1-2H3,(H,22,24)/t14-,17+/m1/s1. The van der Waals surface area contributed by atoms with Gasteiger partial charge in [-0.2, -0.15) is 0 Å². The number of benzene rings is 1. The minimum Gasteiger partial charge on any atom is -0.497 e. The molecule has 1 fully saturated rings. The van der Waals surface area contributed by atoms with Gasteiger partial charge in [0.25, 0.3) is 11.8 Å². The molecule has 2 aromatic rings. The number of nitrogens with one attached hydrogen (secondary N) is 1. The number of likely N-dealkylation sites (tertiary alicyclic amines) is 1. The Labute approximate surface area is 173 Å². The fraction of sp³-hybridized carbons (Fsp3) is 0.381. The highest BCUT2D eigenvalue weighted by molar-refractivity contribution is 7.12. The Balaban J connectivity index is 1.52. The normalized spacial score (nSPS) is 16.9. The Bertz CT molecular complexity index is 850. The fourth-order valence-electron chi connectivity index (χ4n) is 3.18. The molecule has 1 aromatic carbocycles. The van der Waals surface area contributed by atoms with Gasteiger partial charge in [0.05, 0.1) is 12.0 Å². The van der Waals surface area contributed by atoms with Crippen molar-refractivity contribution in [2.75, 3.05) is 13.7 Å². The van der Waals surface area contributed by atoms with Gasteiger partial charge in [-0.25, -0.2) is 4.79 Å². The molecule has 0 unspecified atom stereocenters. The molecule has 1 aliphatic heterocycles. The molecule has 1 saturated heterocycles. The van der Waals surface area contributed by atoms with Crippen molar-refractivity contribution in [2.45, 2.75) is 38.5 Å². The van der Waals surface area contributed by atoms with Crippen LogP contribution in [-0.4, -0.2) is 48.5 Å². The molecular formula is C21H24N2O5S. The average Bonchev–Trinajstić information content (AvgIpc) is 3.44. The lowest BCUT2D eigenvalue weighted by molar-refractivity contribution is -0.158. The number of carbonyl (C=O) groups excluding carboxylic acids is 3. The molecule has 3 rings (SSSR count). The average molecular weight is 416 g/mol. The van der Waals surface area contributed by atoms with E-state index in [1.807, 2.05) is 29.6 Å². The summed E-state index contributed by atoms with van der Waals surface area (Å²) in [6.45, 7) is 2.35. The number of carbonyl (C=O) groups is 3. The Morgan fingerprint density at radius 1 is 1.24 bits per heavy atom. The minimum absolute atomic E-state index is 0.170. The largest absolute Gasteiger partial charge is 0.497 e. The lowest BCUT2D eigenvalue weighted by atomic mass is 10.2. The monoisotopic (exact) mass is 416 g/mol. The summed E-state index contributed by atoms with van der Waals surface area (Å²) in [5.74, 6) is -0.362. The van der Waals surface area contributed by atoms with E-state index in [2.05, 4.69) is 5.32 Å². The van der Waals surface area contributed by atoms with Crippen LogP contribution < -0.4 is 10.1 Å².